The largest absolute Gasteiger partial charge is 0.497 e. The van der Waals surface area contributed by atoms with E-state index < -0.39 is 6.04 Å². The summed E-state index contributed by atoms with van der Waals surface area (Å²) in [5.41, 5.74) is 3.18. The van der Waals surface area contributed by atoms with Crippen molar-refractivity contribution in [3.05, 3.63) is 99.4 Å². The lowest BCUT2D eigenvalue weighted by molar-refractivity contribution is -0.113. The molecular weight excluding hydrogens is 541 g/mol. The highest BCUT2D eigenvalue weighted by Crippen LogP contribution is 2.39. The molecule has 200 valence electrons. The minimum Gasteiger partial charge on any atom is -0.497 e. The summed E-state index contributed by atoms with van der Waals surface area (Å²) in [7, 11) is 3.14. The lowest BCUT2D eigenvalue weighted by atomic mass is 9.94. The SMILES string of the molecule is COc1ccc(NC(=O)C2=C(C)Nc3ncnn3[C@@H]2c2ccc(OCc3c(Cl)cccc3Cl)c(OC)c2)cc1. The van der Waals surface area contributed by atoms with Gasteiger partial charge in [0.1, 0.15) is 24.7 Å². The number of aromatic nitrogens is 3. The Balaban J connectivity index is 1.46. The molecular formula is C28H25Cl2N5O4. The van der Waals surface area contributed by atoms with E-state index in [1.54, 1.807) is 67.4 Å². The van der Waals surface area contributed by atoms with E-state index >= 15 is 0 Å². The minimum atomic E-state index is -0.581. The van der Waals surface area contributed by atoms with Crippen LogP contribution in [0.2, 0.25) is 10.0 Å². The molecule has 3 aromatic carbocycles. The number of carbonyl (C=O) groups is 1. The molecule has 39 heavy (non-hydrogen) atoms. The number of nitrogens with zero attached hydrogens (tertiary/aromatic N) is 3. The third kappa shape index (κ3) is 5.36. The third-order valence-corrected chi connectivity index (χ3v) is 7.03. The number of amides is 1. The average molecular weight is 566 g/mol. The fraction of sp³-hybridized carbons (Fsp3) is 0.179. The van der Waals surface area contributed by atoms with Crippen molar-refractivity contribution in [2.24, 2.45) is 0 Å². The molecule has 4 aromatic rings. The van der Waals surface area contributed by atoms with Crippen LogP contribution in [-0.2, 0) is 11.4 Å². The number of anilines is 2. The van der Waals surface area contributed by atoms with Crippen molar-refractivity contribution in [1.29, 1.82) is 0 Å². The summed E-state index contributed by atoms with van der Waals surface area (Å²) >= 11 is 12.6. The van der Waals surface area contributed by atoms with Gasteiger partial charge in [0.2, 0.25) is 5.95 Å². The van der Waals surface area contributed by atoms with Crippen molar-refractivity contribution in [3.8, 4) is 17.2 Å². The van der Waals surface area contributed by atoms with Gasteiger partial charge in [0.05, 0.1) is 19.8 Å². The molecule has 9 nitrogen and oxygen atoms in total. The van der Waals surface area contributed by atoms with Crippen molar-refractivity contribution >= 4 is 40.7 Å². The molecule has 11 heteroatoms. The van der Waals surface area contributed by atoms with Gasteiger partial charge in [-0.2, -0.15) is 10.1 Å². The van der Waals surface area contributed by atoms with Gasteiger partial charge in [0.25, 0.3) is 5.91 Å². The Hall–Kier alpha value is -4.21. The Kier molecular flexibility index (Phi) is 7.63. The van der Waals surface area contributed by atoms with Crippen LogP contribution in [0.1, 0.15) is 24.1 Å². The van der Waals surface area contributed by atoms with Crippen LogP contribution >= 0.6 is 23.2 Å². The van der Waals surface area contributed by atoms with Gasteiger partial charge < -0.3 is 24.8 Å². The number of fused-ring (bicyclic) bond motifs is 1. The summed E-state index contributed by atoms with van der Waals surface area (Å²) in [6.45, 7) is 1.99. The Morgan fingerprint density at radius 2 is 1.77 bits per heavy atom. The number of rotatable bonds is 8. The predicted octanol–water partition coefficient (Wildman–Crippen LogP) is 6.11. The maximum atomic E-state index is 13.6. The quantitative estimate of drug-likeness (QED) is 0.266. The first kappa shape index (κ1) is 26.4. The van der Waals surface area contributed by atoms with Crippen LogP contribution in [0.5, 0.6) is 17.2 Å². The van der Waals surface area contributed by atoms with Crippen LogP contribution in [0.25, 0.3) is 0 Å². The molecule has 2 heterocycles. The van der Waals surface area contributed by atoms with Crippen LogP contribution in [-0.4, -0.2) is 34.9 Å². The highest BCUT2D eigenvalue weighted by molar-refractivity contribution is 6.35. The zero-order chi connectivity index (χ0) is 27.5. The van der Waals surface area contributed by atoms with Crippen molar-refractivity contribution in [3.63, 3.8) is 0 Å². The minimum absolute atomic E-state index is 0.156. The average Bonchev–Trinajstić information content (AvgIpc) is 3.40. The molecule has 0 saturated carbocycles. The molecule has 0 bridgehead atoms. The molecule has 5 rings (SSSR count). The summed E-state index contributed by atoms with van der Waals surface area (Å²) in [6.07, 6.45) is 1.44. The standard InChI is InChI=1S/C28H25Cl2N5O4/c1-16-25(27(36)34-18-8-10-19(37-2)11-9-18)26(35-28(33-16)31-15-32-35)17-7-12-23(24(13-17)38-3)39-14-20-21(29)5-4-6-22(20)30/h4-13,15,26H,14H2,1-3H3,(H,34,36)(H,31,32,33)/t26-/m1/s1. The lowest BCUT2D eigenvalue weighted by Gasteiger charge is -2.29. The Labute approximate surface area is 235 Å². The Morgan fingerprint density at radius 1 is 1.03 bits per heavy atom. The first-order valence-electron chi connectivity index (χ1n) is 12.0. The highest BCUT2D eigenvalue weighted by atomic mass is 35.5. The van der Waals surface area contributed by atoms with Crippen LogP contribution in [0, 0.1) is 0 Å². The second kappa shape index (κ2) is 11.3. The van der Waals surface area contributed by atoms with Crippen molar-refractivity contribution in [2.45, 2.75) is 19.6 Å². The third-order valence-electron chi connectivity index (χ3n) is 6.32. The number of allylic oxidation sites excluding steroid dienone is 1. The monoisotopic (exact) mass is 565 g/mol. The molecule has 0 saturated heterocycles. The summed E-state index contributed by atoms with van der Waals surface area (Å²) in [5.74, 6) is 1.90. The Morgan fingerprint density at radius 3 is 2.46 bits per heavy atom. The fourth-order valence-corrected chi connectivity index (χ4v) is 4.87. The zero-order valence-corrected chi connectivity index (χ0v) is 22.9. The first-order chi connectivity index (χ1) is 18.9. The normalized spacial score (nSPS) is 14.3. The number of hydrogen-bond donors (Lipinski definition) is 2. The van der Waals surface area contributed by atoms with Gasteiger partial charge in [-0.3, -0.25) is 4.79 Å². The summed E-state index contributed by atoms with van der Waals surface area (Å²) in [5, 5.41) is 11.6. The highest BCUT2D eigenvalue weighted by Gasteiger charge is 2.34. The number of methoxy groups -OCH3 is 2. The molecule has 1 aliphatic heterocycles. The number of hydrogen-bond acceptors (Lipinski definition) is 7. The van der Waals surface area contributed by atoms with Crippen LogP contribution in [0.3, 0.4) is 0 Å². The van der Waals surface area contributed by atoms with E-state index in [0.717, 1.165) is 5.56 Å². The molecule has 0 aliphatic carbocycles. The number of carbonyl (C=O) groups excluding carboxylic acids is 1. The maximum Gasteiger partial charge on any atom is 0.255 e. The number of nitrogens with one attached hydrogen (secondary N) is 2. The van der Waals surface area contributed by atoms with E-state index in [1.165, 1.54) is 6.33 Å². The fourth-order valence-electron chi connectivity index (χ4n) is 4.36. The van der Waals surface area contributed by atoms with Crippen molar-refractivity contribution < 1.29 is 19.0 Å². The predicted molar refractivity (Wildman–Crippen MR) is 150 cm³/mol. The molecule has 1 amide bonds. The van der Waals surface area contributed by atoms with Crippen LogP contribution in [0.15, 0.2) is 78.3 Å². The molecule has 1 atom stereocenters. The van der Waals surface area contributed by atoms with Gasteiger partial charge in [-0.25, -0.2) is 4.68 Å². The van der Waals surface area contributed by atoms with Crippen molar-refractivity contribution in [1.82, 2.24) is 14.8 Å². The van der Waals surface area contributed by atoms with E-state index in [9.17, 15) is 4.79 Å². The van der Waals surface area contributed by atoms with E-state index in [1.807, 2.05) is 19.1 Å². The first-order valence-corrected chi connectivity index (χ1v) is 12.7. The second-order valence-corrected chi connectivity index (χ2v) is 9.49. The summed E-state index contributed by atoms with van der Waals surface area (Å²) in [6, 6.07) is 17.3. The lowest BCUT2D eigenvalue weighted by Crippen LogP contribution is -2.31. The maximum absolute atomic E-state index is 13.6. The number of ether oxygens (including phenoxy) is 3. The molecule has 1 aliphatic rings. The van der Waals surface area contributed by atoms with Gasteiger partial charge in [-0.15, -0.1) is 0 Å². The Bertz CT molecular complexity index is 1530. The van der Waals surface area contributed by atoms with E-state index in [2.05, 4.69) is 20.7 Å². The zero-order valence-electron chi connectivity index (χ0n) is 21.4. The molecule has 0 unspecified atom stereocenters. The molecule has 0 spiro atoms. The molecule has 2 N–H and O–H groups in total. The number of benzene rings is 3. The van der Waals surface area contributed by atoms with Crippen molar-refractivity contribution in [2.75, 3.05) is 24.9 Å². The smallest absolute Gasteiger partial charge is 0.255 e. The summed E-state index contributed by atoms with van der Waals surface area (Å²) < 4.78 is 18.6. The van der Waals surface area contributed by atoms with E-state index in [0.29, 0.717) is 55.8 Å². The van der Waals surface area contributed by atoms with Crippen LogP contribution < -0.4 is 24.8 Å². The molecule has 0 radical (unpaired) electrons. The number of halogens is 2. The van der Waals surface area contributed by atoms with Gasteiger partial charge in [-0.05, 0) is 61.0 Å². The molecule has 0 fully saturated rings. The summed E-state index contributed by atoms with van der Waals surface area (Å²) in [4.78, 5) is 17.9. The van der Waals surface area contributed by atoms with Crippen LogP contribution in [0.4, 0.5) is 11.6 Å². The van der Waals surface area contributed by atoms with Gasteiger partial charge in [-0.1, -0.05) is 35.3 Å². The topological polar surface area (TPSA) is 99.5 Å². The molecule has 1 aromatic heterocycles. The van der Waals surface area contributed by atoms with Gasteiger partial charge >= 0.3 is 0 Å². The van der Waals surface area contributed by atoms with Gasteiger partial charge in [0.15, 0.2) is 11.5 Å². The van der Waals surface area contributed by atoms with Gasteiger partial charge in [0, 0.05) is 27.0 Å². The second-order valence-electron chi connectivity index (χ2n) is 8.68. The van der Waals surface area contributed by atoms with E-state index in [-0.39, 0.29) is 12.5 Å². The van der Waals surface area contributed by atoms with E-state index in [4.69, 9.17) is 37.4 Å².